The fourth-order valence-corrected chi connectivity index (χ4v) is 5.15. The maximum absolute atomic E-state index is 12.6. The predicted molar refractivity (Wildman–Crippen MR) is 82.6 cm³/mol. The van der Waals surface area contributed by atoms with Crippen molar-refractivity contribution in [1.82, 2.24) is 0 Å². The normalized spacial score (nSPS) is 33.1. The Morgan fingerprint density at radius 3 is 2.47 bits per heavy atom. The highest BCUT2D eigenvalue weighted by molar-refractivity contribution is 7.84. The Balaban J connectivity index is 2.04. The minimum Gasteiger partial charge on any atom is -0.327 e. The van der Waals surface area contributed by atoms with E-state index < -0.39 is 10.8 Å². The van der Waals surface area contributed by atoms with Crippen LogP contribution < -0.4 is 5.73 Å². The molecule has 0 spiro atoms. The molecule has 5 unspecified atom stereocenters. The minimum atomic E-state index is -0.907. The molecule has 1 aliphatic carbocycles. The Morgan fingerprint density at radius 2 is 1.89 bits per heavy atom. The molecule has 0 amide bonds. The third-order valence-electron chi connectivity index (χ3n) is 3.96. The van der Waals surface area contributed by atoms with Gasteiger partial charge in [-0.15, -0.1) is 0 Å². The van der Waals surface area contributed by atoms with Gasteiger partial charge < -0.3 is 5.73 Å². The average Bonchev–Trinajstić information content (AvgIpc) is 2.30. The van der Waals surface area contributed by atoms with Gasteiger partial charge in [-0.3, -0.25) is 4.21 Å². The molecule has 0 saturated heterocycles. The highest BCUT2D eigenvalue weighted by Crippen LogP contribution is 2.32. The molecule has 2 nitrogen and oxygen atoms in total. The lowest BCUT2D eigenvalue weighted by molar-refractivity contribution is 0.275. The number of benzene rings is 1. The van der Waals surface area contributed by atoms with Crippen molar-refractivity contribution in [2.24, 2.45) is 17.6 Å². The topological polar surface area (TPSA) is 43.1 Å². The first-order valence-electron chi connectivity index (χ1n) is 6.84. The number of halogens is 1. The van der Waals surface area contributed by atoms with Crippen LogP contribution in [0.5, 0.6) is 0 Å². The van der Waals surface area contributed by atoms with Gasteiger partial charge in [0.1, 0.15) is 0 Å². The molecule has 4 heteroatoms. The zero-order valence-electron chi connectivity index (χ0n) is 11.5. The molecule has 5 atom stereocenters. The second kappa shape index (κ2) is 6.38. The van der Waals surface area contributed by atoms with Crippen molar-refractivity contribution >= 4 is 22.4 Å². The number of hydrogen-bond acceptors (Lipinski definition) is 2. The maximum Gasteiger partial charge on any atom is 0.0528 e. The summed E-state index contributed by atoms with van der Waals surface area (Å²) >= 11 is 5.86. The third kappa shape index (κ3) is 3.80. The summed E-state index contributed by atoms with van der Waals surface area (Å²) in [6.07, 6.45) is 2.12. The third-order valence-corrected chi connectivity index (χ3v) is 6.25. The molecule has 2 rings (SSSR count). The van der Waals surface area contributed by atoms with Crippen molar-refractivity contribution in [1.29, 1.82) is 0 Å². The maximum atomic E-state index is 12.6. The van der Waals surface area contributed by atoms with Gasteiger partial charge in [-0.1, -0.05) is 37.6 Å². The lowest BCUT2D eigenvalue weighted by Gasteiger charge is -2.37. The van der Waals surface area contributed by atoms with Gasteiger partial charge in [0, 0.05) is 27.6 Å². The SMILES string of the molecule is CC1CC(C)C(S(=O)Cc2ccc(Cl)cc2)C(N)C1. The van der Waals surface area contributed by atoms with Crippen LogP contribution in [0.25, 0.3) is 0 Å². The van der Waals surface area contributed by atoms with E-state index >= 15 is 0 Å². The lowest BCUT2D eigenvalue weighted by Crippen LogP contribution is -2.47. The van der Waals surface area contributed by atoms with Gasteiger partial charge in [0.2, 0.25) is 0 Å². The standard InChI is InChI=1S/C15H22ClNOS/c1-10-7-11(2)15(14(17)8-10)19(18)9-12-3-5-13(16)6-4-12/h3-6,10-11,14-15H,7-9,17H2,1-2H3. The van der Waals surface area contributed by atoms with E-state index in [1.165, 1.54) is 0 Å². The van der Waals surface area contributed by atoms with Gasteiger partial charge in [0.05, 0.1) is 5.25 Å². The van der Waals surface area contributed by atoms with Crippen LogP contribution in [0.3, 0.4) is 0 Å². The molecule has 0 aromatic heterocycles. The van der Waals surface area contributed by atoms with E-state index in [0.717, 1.165) is 18.4 Å². The highest BCUT2D eigenvalue weighted by Gasteiger charge is 2.35. The van der Waals surface area contributed by atoms with Crippen molar-refractivity contribution in [2.45, 2.75) is 43.7 Å². The molecule has 1 aromatic rings. The molecule has 0 radical (unpaired) electrons. The van der Waals surface area contributed by atoms with Crippen LogP contribution in [0, 0.1) is 11.8 Å². The zero-order valence-corrected chi connectivity index (χ0v) is 13.1. The van der Waals surface area contributed by atoms with Gasteiger partial charge in [-0.2, -0.15) is 0 Å². The Bertz CT molecular complexity index is 436. The first-order valence-corrected chi connectivity index (χ1v) is 8.60. The fourth-order valence-electron chi connectivity index (χ4n) is 3.18. The number of hydrogen-bond donors (Lipinski definition) is 1. The summed E-state index contributed by atoms with van der Waals surface area (Å²) in [5.41, 5.74) is 7.29. The van der Waals surface area contributed by atoms with E-state index in [9.17, 15) is 4.21 Å². The first kappa shape index (κ1) is 15.0. The Kier molecular flexibility index (Phi) is 5.04. The summed E-state index contributed by atoms with van der Waals surface area (Å²) in [7, 11) is -0.907. The molecule has 1 fully saturated rings. The van der Waals surface area contributed by atoms with Crippen LogP contribution >= 0.6 is 11.6 Å². The van der Waals surface area contributed by atoms with Crippen LogP contribution in [0.4, 0.5) is 0 Å². The molecular weight excluding hydrogens is 278 g/mol. The van der Waals surface area contributed by atoms with Crippen LogP contribution in [0.15, 0.2) is 24.3 Å². The van der Waals surface area contributed by atoms with E-state index in [2.05, 4.69) is 13.8 Å². The van der Waals surface area contributed by atoms with Crippen LogP contribution in [-0.4, -0.2) is 15.5 Å². The zero-order chi connectivity index (χ0) is 14.0. The summed E-state index contributed by atoms with van der Waals surface area (Å²) in [6, 6.07) is 7.65. The van der Waals surface area contributed by atoms with E-state index in [4.69, 9.17) is 17.3 Å². The van der Waals surface area contributed by atoms with Crippen LogP contribution in [0.2, 0.25) is 5.02 Å². The molecule has 0 bridgehead atoms. The van der Waals surface area contributed by atoms with Crippen molar-refractivity contribution in [3.8, 4) is 0 Å². The summed E-state index contributed by atoms with van der Waals surface area (Å²) in [5.74, 6) is 1.66. The van der Waals surface area contributed by atoms with Gasteiger partial charge in [0.25, 0.3) is 0 Å². The molecule has 19 heavy (non-hydrogen) atoms. The molecule has 1 aliphatic rings. The molecular formula is C15H22ClNOS. The molecule has 1 aromatic carbocycles. The molecule has 0 aliphatic heterocycles. The average molecular weight is 300 g/mol. The molecule has 1 saturated carbocycles. The number of nitrogens with two attached hydrogens (primary N) is 1. The molecule has 106 valence electrons. The van der Waals surface area contributed by atoms with Crippen LogP contribution in [-0.2, 0) is 16.6 Å². The number of rotatable bonds is 3. The quantitative estimate of drug-likeness (QED) is 0.930. The summed E-state index contributed by atoms with van der Waals surface area (Å²) < 4.78 is 12.6. The first-order chi connectivity index (χ1) is 8.97. The Hall–Kier alpha value is -0.380. The largest absolute Gasteiger partial charge is 0.327 e. The van der Waals surface area contributed by atoms with Gasteiger partial charge in [-0.05, 0) is 42.4 Å². The van der Waals surface area contributed by atoms with Gasteiger partial charge in [-0.25, -0.2) is 0 Å². The van der Waals surface area contributed by atoms with Crippen molar-refractivity contribution in [2.75, 3.05) is 0 Å². The fraction of sp³-hybridized carbons (Fsp3) is 0.600. The molecule has 2 N–H and O–H groups in total. The smallest absolute Gasteiger partial charge is 0.0528 e. The summed E-state index contributed by atoms with van der Waals surface area (Å²) in [5, 5.41) is 0.831. The Labute approximate surface area is 123 Å². The van der Waals surface area contributed by atoms with Gasteiger partial charge >= 0.3 is 0 Å². The van der Waals surface area contributed by atoms with Crippen molar-refractivity contribution in [3.63, 3.8) is 0 Å². The van der Waals surface area contributed by atoms with E-state index in [-0.39, 0.29) is 11.3 Å². The van der Waals surface area contributed by atoms with E-state index in [1.807, 2.05) is 24.3 Å². The lowest BCUT2D eigenvalue weighted by atomic mass is 9.80. The highest BCUT2D eigenvalue weighted by atomic mass is 35.5. The van der Waals surface area contributed by atoms with Gasteiger partial charge in [0.15, 0.2) is 0 Å². The van der Waals surface area contributed by atoms with Crippen molar-refractivity contribution < 1.29 is 4.21 Å². The van der Waals surface area contributed by atoms with E-state index in [1.54, 1.807) is 0 Å². The second-order valence-corrected chi connectivity index (χ2v) is 7.86. The predicted octanol–water partition coefficient (Wildman–Crippen LogP) is 3.35. The minimum absolute atomic E-state index is 0.0619. The second-order valence-electron chi connectivity index (χ2n) is 5.83. The Morgan fingerprint density at radius 1 is 1.26 bits per heavy atom. The van der Waals surface area contributed by atoms with E-state index in [0.29, 0.717) is 22.6 Å². The monoisotopic (exact) mass is 299 g/mol. The van der Waals surface area contributed by atoms with Crippen LogP contribution in [0.1, 0.15) is 32.3 Å². The summed E-state index contributed by atoms with van der Waals surface area (Å²) in [6.45, 7) is 4.41. The van der Waals surface area contributed by atoms with Crippen molar-refractivity contribution in [3.05, 3.63) is 34.9 Å². The summed E-state index contributed by atoms with van der Waals surface area (Å²) in [4.78, 5) is 0. The molecule has 0 heterocycles.